The van der Waals surface area contributed by atoms with E-state index in [9.17, 15) is 14.4 Å². The summed E-state index contributed by atoms with van der Waals surface area (Å²) < 4.78 is 5.09. The van der Waals surface area contributed by atoms with Gasteiger partial charge in [0.2, 0.25) is 0 Å². The maximum atomic E-state index is 12.3. The Bertz CT molecular complexity index is 620. The van der Waals surface area contributed by atoms with Crippen LogP contribution in [0.5, 0.6) is 0 Å². The Morgan fingerprint density at radius 3 is 2.54 bits per heavy atom. The van der Waals surface area contributed by atoms with Crippen molar-refractivity contribution in [1.82, 2.24) is 10.6 Å². The zero-order valence-corrected chi connectivity index (χ0v) is 15.1. The number of amides is 3. The molecule has 1 aliphatic rings. The number of primary amides is 1. The van der Waals surface area contributed by atoms with Crippen molar-refractivity contribution in [2.45, 2.75) is 51.1 Å². The molecule has 7 nitrogen and oxygen atoms in total. The molecule has 1 fully saturated rings. The molecule has 1 aromatic carbocycles. The fraction of sp³-hybridized carbons (Fsp3) is 0.526. The first-order valence-corrected chi connectivity index (χ1v) is 9.01. The Kier molecular flexibility index (Phi) is 7.44. The minimum Gasteiger partial charge on any atom is -0.454 e. The van der Waals surface area contributed by atoms with Crippen LogP contribution >= 0.6 is 0 Å². The average molecular weight is 361 g/mol. The third-order valence-corrected chi connectivity index (χ3v) is 4.69. The lowest BCUT2D eigenvalue weighted by molar-refractivity contribution is -0.150. The molecule has 0 radical (unpaired) electrons. The van der Waals surface area contributed by atoms with Gasteiger partial charge in [-0.05, 0) is 24.3 Å². The molecule has 0 aliphatic heterocycles. The lowest BCUT2D eigenvalue weighted by atomic mass is 9.86. The van der Waals surface area contributed by atoms with Gasteiger partial charge >= 0.3 is 12.0 Å². The molecule has 0 bridgehead atoms. The highest BCUT2D eigenvalue weighted by molar-refractivity contribution is 5.85. The second-order valence-electron chi connectivity index (χ2n) is 6.79. The van der Waals surface area contributed by atoms with E-state index in [2.05, 4.69) is 17.6 Å². The summed E-state index contributed by atoms with van der Waals surface area (Å²) in [6, 6.07) is 7.56. The fourth-order valence-electron chi connectivity index (χ4n) is 3.23. The Morgan fingerprint density at radius 2 is 1.88 bits per heavy atom. The second kappa shape index (κ2) is 9.79. The first-order chi connectivity index (χ1) is 12.5. The Hall–Kier alpha value is -2.57. The van der Waals surface area contributed by atoms with Crippen LogP contribution in [0.15, 0.2) is 30.3 Å². The summed E-state index contributed by atoms with van der Waals surface area (Å²) in [5.41, 5.74) is 5.99. The molecule has 0 heterocycles. The molecular formula is C19H27N3O4. The van der Waals surface area contributed by atoms with Crippen molar-refractivity contribution in [1.29, 1.82) is 0 Å². The van der Waals surface area contributed by atoms with Crippen molar-refractivity contribution < 1.29 is 19.1 Å². The van der Waals surface area contributed by atoms with Gasteiger partial charge in [-0.25, -0.2) is 9.59 Å². The van der Waals surface area contributed by atoms with E-state index in [1.165, 1.54) is 6.42 Å². The molecule has 1 aromatic rings. The molecular weight excluding hydrogens is 334 g/mol. The van der Waals surface area contributed by atoms with E-state index in [0.717, 1.165) is 24.8 Å². The number of nitrogens with two attached hydrogens (primary N) is 1. The third-order valence-electron chi connectivity index (χ3n) is 4.69. The topological polar surface area (TPSA) is 111 Å². The number of benzene rings is 1. The van der Waals surface area contributed by atoms with Gasteiger partial charge in [0, 0.05) is 12.5 Å². The first-order valence-electron chi connectivity index (χ1n) is 9.01. The zero-order chi connectivity index (χ0) is 18.9. The van der Waals surface area contributed by atoms with Crippen LogP contribution in [0, 0.1) is 5.92 Å². The van der Waals surface area contributed by atoms with Gasteiger partial charge in [-0.2, -0.15) is 0 Å². The van der Waals surface area contributed by atoms with Crippen molar-refractivity contribution in [2.75, 3.05) is 6.61 Å². The highest BCUT2D eigenvalue weighted by Crippen LogP contribution is 2.23. The predicted octanol–water partition coefficient (Wildman–Crippen LogP) is 1.50. The van der Waals surface area contributed by atoms with Crippen molar-refractivity contribution >= 4 is 17.9 Å². The van der Waals surface area contributed by atoms with Crippen LogP contribution in [-0.4, -0.2) is 36.6 Å². The number of esters is 1. The summed E-state index contributed by atoms with van der Waals surface area (Å²) in [7, 11) is 0. The first kappa shape index (κ1) is 19.8. The largest absolute Gasteiger partial charge is 0.454 e. The molecule has 142 valence electrons. The predicted molar refractivity (Wildman–Crippen MR) is 97.2 cm³/mol. The average Bonchev–Trinajstić information content (AvgIpc) is 2.61. The van der Waals surface area contributed by atoms with Crippen LogP contribution in [0.3, 0.4) is 0 Å². The number of nitrogens with one attached hydrogen (secondary N) is 2. The van der Waals surface area contributed by atoms with Crippen LogP contribution in [0.4, 0.5) is 4.79 Å². The van der Waals surface area contributed by atoms with Crippen molar-refractivity contribution in [2.24, 2.45) is 11.7 Å². The van der Waals surface area contributed by atoms with Gasteiger partial charge in [0.05, 0.1) is 0 Å². The van der Waals surface area contributed by atoms with Crippen molar-refractivity contribution in [3.63, 3.8) is 0 Å². The zero-order valence-electron chi connectivity index (χ0n) is 15.1. The minimum absolute atomic E-state index is 0.124. The molecule has 26 heavy (non-hydrogen) atoms. The maximum absolute atomic E-state index is 12.3. The number of rotatable bonds is 7. The summed E-state index contributed by atoms with van der Waals surface area (Å²) in [6.45, 7) is 1.75. The summed E-state index contributed by atoms with van der Waals surface area (Å²) in [6.07, 6.45) is 4.55. The van der Waals surface area contributed by atoms with Crippen LogP contribution in [0.25, 0.3) is 0 Å². The Labute approximate surface area is 153 Å². The normalized spacial score (nSPS) is 20.7. The summed E-state index contributed by atoms with van der Waals surface area (Å²) in [5.74, 6) is -0.583. The second-order valence-corrected chi connectivity index (χ2v) is 6.79. The SMILES string of the molecule is C[C@@H]1CCCC[C@H]1NC(=O)COC(=O)[C@H](Cc1ccccc1)NC(N)=O. The lowest BCUT2D eigenvalue weighted by Gasteiger charge is -2.29. The molecule has 7 heteroatoms. The molecule has 0 unspecified atom stereocenters. The molecule has 4 N–H and O–H groups in total. The molecule has 3 amide bonds. The highest BCUT2D eigenvalue weighted by atomic mass is 16.5. The smallest absolute Gasteiger partial charge is 0.329 e. The molecule has 3 atom stereocenters. The van der Waals surface area contributed by atoms with Gasteiger partial charge in [0.15, 0.2) is 6.61 Å². The van der Waals surface area contributed by atoms with Crippen molar-refractivity contribution in [3.8, 4) is 0 Å². The Balaban J connectivity index is 1.85. The van der Waals surface area contributed by atoms with E-state index >= 15 is 0 Å². The lowest BCUT2D eigenvalue weighted by Crippen LogP contribution is -2.47. The van der Waals surface area contributed by atoms with Crippen LogP contribution in [-0.2, 0) is 20.7 Å². The number of hydrogen-bond acceptors (Lipinski definition) is 4. The van der Waals surface area contributed by atoms with Gasteiger partial charge < -0.3 is 21.1 Å². The van der Waals surface area contributed by atoms with E-state index in [4.69, 9.17) is 10.5 Å². The monoisotopic (exact) mass is 361 g/mol. The van der Waals surface area contributed by atoms with E-state index in [0.29, 0.717) is 5.92 Å². The summed E-state index contributed by atoms with van der Waals surface area (Å²) >= 11 is 0. The fourth-order valence-corrected chi connectivity index (χ4v) is 3.23. The number of carbonyl (C=O) groups excluding carboxylic acids is 3. The van der Waals surface area contributed by atoms with Gasteiger partial charge in [0.25, 0.3) is 5.91 Å². The van der Waals surface area contributed by atoms with Gasteiger partial charge in [-0.15, -0.1) is 0 Å². The molecule has 2 rings (SSSR count). The van der Waals surface area contributed by atoms with Gasteiger partial charge in [-0.1, -0.05) is 50.1 Å². The number of carbonyl (C=O) groups is 3. The minimum atomic E-state index is -0.934. The third kappa shape index (κ3) is 6.38. The molecule has 0 saturated heterocycles. The quantitative estimate of drug-likeness (QED) is 0.639. The summed E-state index contributed by atoms with van der Waals surface area (Å²) in [4.78, 5) is 35.5. The number of urea groups is 1. The molecule has 1 aliphatic carbocycles. The van der Waals surface area contributed by atoms with Crippen LogP contribution in [0.2, 0.25) is 0 Å². The molecule has 1 saturated carbocycles. The van der Waals surface area contributed by atoms with E-state index in [1.807, 2.05) is 30.3 Å². The Morgan fingerprint density at radius 1 is 1.19 bits per heavy atom. The number of hydrogen-bond donors (Lipinski definition) is 3. The van der Waals surface area contributed by atoms with Gasteiger partial charge in [0.1, 0.15) is 6.04 Å². The number of ether oxygens (including phenoxy) is 1. The van der Waals surface area contributed by atoms with E-state index in [1.54, 1.807) is 0 Å². The van der Waals surface area contributed by atoms with Crippen LogP contribution < -0.4 is 16.4 Å². The van der Waals surface area contributed by atoms with Crippen LogP contribution in [0.1, 0.15) is 38.2 Å². The van der Waals surface area contributed by atoms with E-state index in [-0.39, 0.29) is 25.0 Å². The molecule has 0 aromatic heterocycles. The van der Waals surface area contributed by atoms with Crippen molar-refractivity contribution in [3.05, 3.63) is 35.9 Å². The van der Waals surface area contributed by atoms with Gasteiger partial charge in [-0.3, -0.25) is 4.79 Å². The highest BCUT2D eigenvalue weighted by Gasteiger charge is 2.25. The standard InChI is InChI=1S/C19H27N3O4/c1-13-7-5-6-10-15(13)21-17(23)12-26-18(24)16(22-19(20)25)11-14-8-3-2-4-9-14/h2-4,8-9,13,15-16H,5-7,10-12H2,1H3,(H,21,23)(H3,20,22,25)/t13-,15-,16+/m1/s1. The summed E-state index contributed by atoms with van der Waals surface area (Å²) in [5, 5.41) is 5.30. The van der Waals surface area contributed by atoms with E-state index < -0.39 is 18.0 Å². The molecule has 0 spiro atoms. The maximum Gasteiger partial charge on any atom is 0.329 e.